The highest BCUT2D eigenvalue weighted by Gasteiger charge is 2.16. The number of rotatable bonds is 5. The van der Waals surface area contributed by atoms with Crippen LogP contribution in [0.3, 0.4) is 0 Å². The van der Waals surface area contributed by atoms with Gasteiger partial charge in [0, 0.05) is 10.5 Å². The molecule has 1 atom stereocenters. The molecular formula is C20H17NOS. The Morgan fingerprint density at radius 1 is 0.739 bits per heavy atom. The van der Waals surface area contributed by atoms with Crippen molar-refractivity contribution in [2.24, 2.45) is 0 Å². The maximum atomic E-state index is 12.5. The third-order valence-corrected chi connectivity index (χ3v) is 4.57. The van der Waals surface area contributed by atoms with E-state index in [1.54, 1.807) is 11.8 Å². The number of thioether (sulfide) groups is 1. The molecule has 0 aliphatic rings. The third kappa shape index (κ3) is 4.24. The van der Waals surface area contributed by atoms with E-state index in [1.165, 1.54) is 0 Å². The summed E-state index contributed by atoms with van der Waals surface area (Å²) < 4.78 is 0. The molecule has 0 aliphatic heterocycles. The van der Waals surface area contributed by atoms with Gasteiger partial charge in [-0.2, -0.15) is 0 Å². The summed E-state index contributed by atoms with van der Waals surface area (Å²) in [4.78, 5) is 13.6. The van der Waals surface area contributed by atoms with Crippen molar-refractivity contribution in [2.45, 2.75) is 10.3 Å². The van der Waals surface area contributed by atoms with Crippen LogP contribution in [0.2, 0.25) is 0 Å². The summed E-state index contributed by atoms with van der Waals surface area (Å²) in [6, 6.07) is 29.4. The van der Waals surface area contributed by atoms with Crippen LogP contribution in [0.4, 0.5) is 0 Å². The first kappa shape index (κ1) is 15.4. The van der Waals surface area contributed by atoms with Crippen LogP contribution in [0.1, 0.15) is 21.3 Å². The highest BCUT2D eigenvalue weighted by atomic mass is 32.2. The van der Waals surface area contributed by atoms with Crippen LogP contribution < -0.4 is 5.32 Å². The summed E-state index contributed by atoms with van der Waals surface area (Å²) in [7, 11) is 0. The molecule has 0 aliphatic carbocycles. The van der Waals surface area contributed by atoms with Crippen molar-refractivity contribution < 1.29 is 4.79 Å². The standard InChI is InChI=1S/C20H17NOS/c22-19(16-10-4-1-5-11-16)21-20(17-12-6-2-7-13-17)23-18-14-8-3-9-15-18/h1-15,20H,(H,21,22)/t20-/m0/s1. The van der Waals surface area contributed by atoms with Crippen molar-refractivity contribution in [3.8, 4) is 0 Å². The van der Waals surface area contributed by atoms with Crippen LogP contribution in [0, 0.1) is 0 Å². The molecule has 1 N–H and O–H groups in total. The molecule has 0 saturated carbocycles. The average Bonchev–Trinajstić information content (AvgIpc) is 2.63. The number of benzene rings is 3. The lowest BCUT2D eigenvalue weighted by Crippen LogP contribution is -2.26. The predicted molar refractivity (Wildman–Crippen MR) is 95.4 cm³/mol. The number of hydrogen-bond acceptors (Lipinski definition) is 2. The largest absolute Gasteiger partial charge is 0.336 e. The number of amides is 1. The topological polar surface area (TPSA) is 29.1 Å². The van der Waals surface area contributed by atoms with Gasteiger partial charge in [0.05, 0.1) is 0 Å². The highest BCUT2D eigenvalue weighted by molar-refractivity contribution is 7.99. The summed E-state index contributed by atoms with van der Waals surface area (Å²) in [6.45, 7) is 0. The summed E-state index contributed by atoms with van der Waals surface area (Å²) in [6.07, 6.45) is 0. The fourth-order valence-electron chi connectivity index (χ4n) is 2.24. The lowest BCUT2D eigenvalue weighted by Gasteiger charge is -2.19. The molecule has 1 amide bonds. The zero-order chi connectivity index (χ0) is 15.9. The molecule has 114 valence electrons. The highest BCUT2D eigenvalue weighted by Crippen LogP contribution is 2.33. The zero-order valence-electron chi connectivity index (χ0n) is 12.6. The van der Waals surface area contributed by atoms with E-state index in [2.05, 4.69) is 17.4 Å². The Morgan fingerprint density at radius 2 is 1.26 bits per heavy atom. The molecule has 0 heterocycles. The minimum atomic E-state index is -0.133. The first-order chi connectivity index (χ1) is 11.3. The molecule has 3 aromatic rings. The van der Waals surface area contributed by atoms with E-state index in [1.807, 2.05) is 78.9 Å². The molecule has 3 rings (SSSR count). The van der Waals surface area contributed by atoms with Crippen molar-refractivity contribution >= 4 is 17.7 Å². The van der Waals surface area contributed by atoms with Gasteiger partial charge in [-0.1, -0.05) is 78.5 Å². The van der Waals surface area contributed by atoms with Crippen molar-refractivity contribution in [1.82, 2.24) is 5.32 Å². The van der Waals surface area contributed by atoms with E-state index in [-0.39, 0.29) is 11.3 Å². The Morgan fingerprint density at radius 3 is 1.87 bits per heavy atom. The summed E-state index contributed by atoms with van der Waals surface area (Å²) >= 11 is 1.63. The van der Waals surface area contributed by atoms with Gasteiger partial charge < -0.3 is 5.32 Å². The van der Waals surface area contributed by atoms with E-state index in [0.29, 0.717) is 5.56 Å². The molecule has 0 saturated heterocycles. The molecule has 0 radical (unpaired) electrons. The van der Waals surface area contributed by atoms with Gasteiger partial charge in [-0.05, 0) is 29.8 Å². The van der Waals surface area contributed by atoms with Crippen LogP contribution >= 0.6 is 11.8 Å². The van der Waals surface area contributed by atoms with Crippen molar-refractivity contribution in [3.05, 3.63) is 102 Å². The maximum absolute atomic E-state index is 12.5. The van der Waals surface area contributed by atoms with Gasteiger partial charge >= 0.3 is 0 Å². The van der Waals surface area contributed by atoms with Crippen LogP contribution in [0.15, 0.2) is 95.9 Å². The lowest BCUT2D eigenvalue weighted by atomic mass is 10.2. The van der Waals surface area contributed by atoms with E-state index >= 15 is 0 Å². The van der Waals surface area contributed by atoms with Gasteiger partial charge in [-0.3, -0.25) is 4.79 Å². The van der Waals surface area contributed by atoms with Gasteiger partial charge in [0.25, 0.3) is 5.91 Å². The fraction of sp³-hybridized carbons (Fsp3) is 0.0500. The van der Waals surface area contributed by atoms with Gasteiger partial charge in [-0.15, -0.1) is 0 Å². The van der Waals surface area contributed by atoms with Crippen LogP contribution in [0.25, 0.3) is 0 Å². The van der Waals surface area contributed by atoms with Gasteiger partial charge in [0.2, 0.25) is 0 Å². The fourth-order valence-corrected chi connectivity index (χ4v) is 3.28. The average molecular weight is 319 g/mol. The second-order valence-corrected chi connectivity index (χ2v) is 6.24. The van der Waals surface area contributed by atoms with Crippen LogP contribution in [-0.4, -0.2) is 5.91 Å². The van der Waals surface area contributed by atoms with Gasteiger partial charge in [0.1, 0.15) is 5.37 Å². The molecule has 3 heteroatoms. The predicted octanol–water partition coefficient (Wildman–Crippen LogP) is 4.91. The third-order valence-electron chi connectivity index (χ3n) is 3.40. The molecule has 2 nitrogen and oxygen atoms in total. The molecule has 23 heavy (non-hydrogen) atoms. The molecular weight excluding hydrogens is 302 g/mol. The van der Waals surface area contributed by atoms with E-state index in [9.17, 15) is 4.79 Å². The summed E-state index contributed by atoms with van der Waals surface area (Å²) in [5.74, 6) is -0.0668. The van der Waals surface area contributed by atoms with E-state index < -0.39 is 0 Å². The van der Waals surface area contributed by atoms with Crippen LogP contribution in [0.5, 0.6) is 0 Å². The minimum Gasteiger partial charge on any atom is -0.336 e. The minimum absolute atomic E-state index is 0.0668. The zero-order valence-corrected chi connectivity index (χ0v) is 13.4. The Labute approximate surface area is 140 Å². The maximum Gasteiger partial charge on any atom is 0.252 e. The Bertz CT molecular complexity index is 744. The second kappa shape index (κ2) is 7.65. The summed E-state index contributed by atoms with van der Waals surface area (Å²) in [5, 5.41) is 2.99. The molecule has 0 aromatic heterocycles. The first-order valence-electron chi connectivity index (χ1n) is 7.45. The van der Waals surface area contributed by atoms with E-state index in [4.69, 9.17) is 0 Å². The molecule has 0 unspecified atom stereocenters. The van der Waals surface area contributed by atoms with E-state index in [0.717, 1.165) is 10.5 Å². The van der Waals surface area contributed by atoms with Crippen molar-refractivity contribution in [2.75, 3.05) is 0 Å². The number of hydrogen-bond donors (Lipinski definition) is 1. The van der Waals surface area contributed by atoms with Gasteiger partial charge in [-0.25, -0.2) is 0 Å². The normalized spacial score (nSPS) is 11.7. The number of nitrogens with one attached hydrogen (secondary N) is 1. The molecule has 3 aromatic carbocycles. The smallest absolute Gasteiger partial charge is 0.252 e. The molecule has 0 bridgehead atoms. The molecule has 0 fully saturated rings. The van der Waals surface area contributed by atoms with Crippen molar-refractivity contribution in [3.63, 3.8) is 0 Å². The van der Waals surface area contributed by atoms with Crippen molar-refractivity contribution in [1.29, 1.82) is 0 Å². The first-order valence-corrected chi connectivity index (χ1v) is 8.33. The number of carbonyl (C=O) groups is 1. The Hall–Kier alpha value is -2.52. The second-order valence-electron chi connectivity index (χ2n) is 5.06. The molecule has 0 spiro atoms. The Balaban J connectivity index is 1.82. The van der Waals surface area contributed by atoms with Crippen LogP contribution in [-0.2, 0) is 0 Å². The number of carbonyl (C=O) groups excluding carboxylic acids is 1. The Kier molecular flexibility index (Phi) is 5.12. The summed E-state index contributed by atoms with van der Waals surface area (Å²) in [5.41, 5.74) is 1.74. The lowest BCUT2D eigenvalue weighted by molar-refractivity contribution is 0.0949. The van der Waals surface area contributed by atoms with Gasteiger partial charge in [0.15, 0.2) is 0 Å². The monoisotopic (exact) mass is 319 g/mol. The SMILES string of the molecule is O=C(N[C@@H](Sc1ccccc1)c1ccccc1)c1ccccc1. The quantitative estimate of drug-likeness (QED) is 0.535.